The molecule has 0 aliphatic heterocycles. The fourth-order valence-corrected chi connectivity index (χ4v) is 3.35. The first-order valence-electron chi connectivity index (χ1n) is 6.38. The third-order valence-corrected chi connectivity index (χ3v) is 4.29. The summed E-state index contributed by atoms with van der Waals surface area (Å²) in [4.78, 5) is 2.51. The van der Waals surface area contributed by atoms with Gasteiger partial charge in [0.25, 0.3) is 0 Å². The first-order valence-corrected chi connectivity index (χ1v) is 8.27. The van der Waals surface area contributed by atoms with Crippen molar-refractivity contribution in [3.8, 4) is 0 Å². The molecule has 1 heterocycles. The van der Waals surface area contributed by atoms with Crippen molar-refractivity contribution in [1.29, 1.82) is 0 Å². The van der Waals surface area contributed by atoms with E-state index in [1.807, 2.05) is 0 Å². The minimum absolute atomic E-state index is 0.141. The molecule has 0 N–H and O–H groups in total. The SMILES string of the molecule is Cc1nnc(/N=C(\[O-])c2ccc(C(F)(F)F)c(S(C)(=O)=O)c2C)o1. The lowest BCUT2D eigenvalue weighted by Gasteiger charge is -2.19. The van der Waals surface area contributed by atoms with Crippen LogP contribution in [0.5, 0.6) is 0 Å². The largest absolute Gasteiger partial charge is 0.858 e. The van der Waals surface area contributed by atoms with Gasteiger partial charge < -0.3 is 9.52 Å². The molecule has 0 unspecified atom stereocenters. The second kappa shape index (κ2) is 5.89. The number of hydrogen-bond acceptors (Lipinski definition) is 7. The van der Waals surface area contributed by atoms with E-state index in [4.69, 9.17) is 4.42 Å². The van der Waals surface area contributed by atoms with Gasteiger partial charge in [-0.15, -0.1) is 5.10 Å². The molecule has 0 spiro atoms. The van der Waals surface area contributed by atoms with Crippen LogP contribution in [0.15, 0.2) is 26.4 Å². The molecule has 0 radical (unpaired) electrons. The molecule has 0 atom stereocenters. The van der Waals surface area contributed by atoms with Gasteiger partial charge in [0.05, 0.1) is 10.5 Å². The molecule has 0 amide bonds. The molecule has 0 saturated heterocycles. The monoisotopic (exact) mass is 362 g/mol. The standard InChI is InChI=1S/C13H12F3N3O4S/c1-6-8(11(20)17-12-19-18-7(2)23-12)4-5-9(13(14,15)16)10(6)24(3,21)22/h4-5H,1-3H3,(H,17,19,20)/p-1. The van der Waals surface area contributed by atoms with Crippen LogP contribution in [0.4, 0.5) is 19.2 Å². The molecular weight excluding hydrogens is 351 g/mol. The van der Waals surface area contributed by atoms with E-state index in [9.17, 15) is 26.7 Å². The lowest BCUT2D eigenvalue weighted by Crippen LogP contribution is -2.23. The highest BCUT2D eigenvalue weighted by Crippen LogP contribution is 2.36. The predicted molar refractivity (Wildman–Crippen MR) is 74.5 cm³/mol. The Morgan fingerprint density at radius 1 is 1.25 bits per heavy atom. The maximum Gasteiger partial charge on any atom is 0.417 e. The number of halogens is 3. The summed E-state index contributed by atoms with van der Waals surface area (Å²) in [6.45, 7) is 2.56. The summed E-state index contributed by atoms with van der Waals surface area (Å²) >= 11 is 0. The summed E-state index contributed by atoms with van der Waals surface area (Å²) in [5.41, 5.74) is -2.00. The van der Waals surface area contributed by atoms with Gasteiger partial charge in [-0.25, -0.2) is 13.4 Å². The molecule has 2 aromatic rings. The summed E-state index contributed by atoms with van der Waals surface area (Å²) in [5, 5.41) is 19.0. The van der Waals surface area contributed by atoms with Gasteiger partial charge >= 0.3 is 12.2 Å². The van der Waals surface area contributed by atoms with E-state index in [1.165, 1.54) is 6.92 Å². The zero-order chi connectivity index (χ0) is 18.3. The van der Waals surface area contributed by atoms with Crippen LogP contribution in [0.3, 0.4) is 0 Å². The maximum atomic E-state index is 13.0. The number of sulfone groups is 1. The Morgan fingerprint density at radius 2 is 1.88 bits per heavy atom. The smallest absolute Gasteiger partial charge is 0.417 e. The summed E-state index contributed by atoms with van der Waals surface area (Å²) in [6.07, 6.45) is -4.25. The van der Waals surface area contributed by atoms with Crippen molar-refractivity contribution in [3.63, 3.8) is 0 Å². The normalized spacial score (nSPS) is 13.3. The lowest BCUT2D eigenvalue weighted by molar-refractivity contribution is -0.212. The Labute approximate surface area is 134 Å². The molecule has 130 valence electrons. The van der Waals surface area contributed by atoms with Crippen LogP contribution in [0.2, 0.25) is 0 Å². The van der Waals surface area contributed by atoms with E-state index in [2.05, 4.69) is 15.2 Å². The molecule has 0 saturated carbocycles. The van der Waals surface area contributed by atoms with Gasteiger partial charge in [-0.05, 0) is 24.1 Å². The van der Waals surface area contributed by atoms with Crippen molar-refractivity contribution < 1.29 is 31.1 Å². The number of hydrogen-bond donors (Lipinski definition) is 0. The minimum Gasteiger partial charge on any atom is -0.858 e. The molecule has 0 aliphatic rings. The van der Waals surface area contributed by atoms with E-state index in [-0.39, 0.29) is 23.0 Å². The van der Waals surface area contributed by atoms with Crippen LogP contribution in [-0.4, -0.2) is 30.8 Å². The highest BCUT2D eigenvalue weighted by molar-refractivity contribution is 7.90. The van der Waals surface area contributed by atoms with Gasteiger partial charge in [-0.1, -0.05) is 11.2 Å². The number of rotatable bonds is 3. The average molecular weight is 362 g/mol. The van der Waals surface area contributed by atoms with Gasteiger partial charge in [-0.2, -0.15) is 13.2 Å². The Hall–Kier alpha value is -2.43. The molecule has 24 heavy (non-hydrogen) atoms. The Balaban J connectivity index is 2.68. The Kier molecular flexibility index (Phi) is 4.40. The first-order chi connectivity index (χ1) is 10.9. The first kappa shape index (κ1) is 17.9. The second-order valence-corrected chi connectivity index (χ2v) is 6.86. The fraction of sp³-hybridized carbons (Fsp3) is 0.308. The summed E-state index contributed by atoms with van der Waals surface area (Å²) in [7, 11) is -4.24. The summed E-state index contributed by atoms with van der Waals surface area (Å²) in [6, 6.07) is 1.02. The number of benzene rings is 1. The van der Waals surface area contributed by atoms with Crippen molar-refractivity contribution >= 4 is 21.7 Å². The number of alkyl halides is 3. The number of aliphatic imine (C=N–C) groups is 1. The van der Waals surface area contributed by atoms with Crippen molar-refractivity contribution in [2.45, 2.75) is 24.9 Å². The molecule has 0 aliphatic carbocycles. The van der Waals surface area contributed by atoms with Crippen LogP contribution in [0, 0.1) is 13.8 Å². The fourth-order valence-electron chi connectivity index (χ4n) is 2.10. The number of aryl methyl sites for hydroxylation is 1. The second-order valence-electron chi connectivity index (χ2n) is 4.91. The molecule has 0 bridgehead atoms. The summed E-state index contributed by atoms with van der Waals surface area (Å²) in [5.74, 6) is -0.850. The molecular formula is C13H11F3N3O4S-. The maximum absolute atomic E-state index is 13.0. The van der Waals surface area contributed by atoms with Crippen LogP contribution >= 0.6 is 0 Å². The van der Waals surface area contributed by atoms with Gasteiger partial charge in [0.1, 0.15) is 0 Å². The number of nitrogens with zero attached hydrogens (tertiary/aromatic N) is 3. The zero-order valence-electron chi connectivity index (χ0n) is 12.7. The zero-order valence-corrected chi connectivity index (χ0v) is 13.5. The third-order valence-electron chi connectivity index (χ3n) is 3.03. The highest BCUT2D eigenvalue weighted by Gasteiger charge is 2.37. The topological polar surface area (TPSA) is 108 Å². The van der Waals surface area contributed by atoms with Gasteiger partial charge in [-0.3, -0.25) is 0 Å². The van der Waals surface area contributed by atoms with E-state index in [1.54, 1.807) is 0 Å². The van der Waals surface area contributed by atoms with Crippen LogP contribution in [0.1, 0.15) is 22.6 Å². The molecule has 7 nitrogen and oxygen atoms in total. The van der Waals surface area contributed by atoms with Gasteiger partial charge in [0, 0.05) is 19.1 Å². The summed E-state index contributed by atoms with van der Waals surface area (Å²) < 4.78 is 67.5. The molecule has 2 rings (SSSR count). The van der Waals surface area contributed by atoms with Crippen LogP contribution in [0.25, 0.3) is 0 Å². The molecule has 11 heteroatoms. The van der Waals surface area contributed by atoms with Crippen molar-refractivity contribution in [3.05, 3.63) is 34.7 Å². The van der Waals surface area contributed by atoms with Crippen LogP contribution in [-0.2, 0) is 16.0 Å². The van der Waals surface area contributed by atoms with Crippen LogP contribution < -0.4 is 5.11 Å². The quantitative estimate of drug-likeness (QED) is 0.605. The van der Waals surface area contributed by atoms with Gasteiger partial charge in [0.15, 0.2) is 9.84 Å². The van der Waals surface area contributed by atoms with E-state index in [0.717, 1.165) is 13.0 Å². The molecule has 1 aromatic heterocycles. The molecule has 0 fully saturated rings. The van der Waals surface area contributed by atoms with E-state index >= 15 is 0 Å². The Bertz CT molecular complexity index is 917. The van der Waals surface area contributed by atoms with Crippen molar-refractivity contribution in [2.75, 3.05) is 6.26 Å². The van der Waals surface area contributed by atoms with Crippen molar-refractivity contribution in [1.82, 2.24) is 10.2 Å². The van der Waals surface area contributed by atoms with E-state index < -0.39 is 32.4 Å². The van der Waals surface area contributed by atoms with E-state index in [0.29, 0.717) is 12.3 Å². The minimum atomic E-state index is -4.88. The lowest BCUT2D eigenvalue weighted by atomic mass is 10.0. The Morgan fingerprint density at radius 3 is 2.33 bits per heavy atom. The average Bonchev–Trinajstić information content (AvgIpc) is 2.80. The highest BCUT2D eigenvalue weighted by atomic mass is 32.2. The van der Waals surface area contributed by atoms with Crippen molar-refractivity contribution in [2.24, 2.45) is 4.99 Å². The van der Waals surface area contributed by atoms with Gasteiger partial charge in [0.2, 0.25) is 5.89 Å². The number of aromatic nitrogens is 2. The predicted octanol–water partition coefficient (Wildman–Crippen LogP) is 1.55. The third kappa shape index (κ3) is 3.55. The molecule has 1 aromatic carbocycles.